The fourth-order valence-electron chi connectivity index (χ4n) is 2.45. The zero-order valence-electron chi connectivity index (χ0n) is 17.7. The summed E-state index contributed by atoms with van der Waals surface area (Å²) in [4.78, 5) is 44.2. The largest absolute Gasteiger partial charge is 0.463 e. The highest BCUT2D eigenvalue weighted by Gasteiger charge is 2.06. The van der Waals surface area contributed by atoms with Crippen LogP contribution in [0.15, 0.2) is 25.3 Å². The van der Waals surface area contributed by atoms with Gasteiger partial charge in [-0.05, 0) is 12.8 Å². The van der Waals surface area contributed by atoms with E-state index in [0.717, 1.165) is 63.5 Å². The Kier molecular flexibility index (Phi) is 17.9. The highest BCUT2D eigenvalue weighted by Crippen LogP contribution is 2.10. The van der Waals surface area contributed by atoms with E-state index in [2.05, 4.69) is 22.6 Å². The minimum atomic E-state index is -0.640. The van der Waals surface area contributed by atoms with E-state index in [4.69, 9.17) is 9.47 Å². The van der Waals surface area contributed by atoms with E-state index >= 15 is 0 Å². The topological polar surface area (TPSA) is 105 Å². The summed E-state index contributed by atoms with van der Waals surface area (Å²) in [7, 11) is 0. The predicted octanol–water partition coefficient (Wildman–Crippen LogP) is 3.43. The molecule has 0 aliphatic heterocycles. The Balaban J connectivity index is 3.28. The molecule has 0 aliphatic carbocycles. The second-order valence-corrected chi connectivity index (χ2v) is 6.60. The lowest BCUT2D eigenvalue weighted by molar-refractivity contribution is -0.156. The molecule has 0 fully saturated rings. The molecule has 0 aromatic rings. The average molecular weight is 427 g/mol. The van der Waals surface area contributed by atoms with Crippen molar-refractivity contribution in [1.82, 2.24) is 0 Å². The van der Waals surface area contributed by atoms with Crippen molar-refractivity contribution in [3.63, 3.8) is 0 Å². The molecule has 0 amide bonds. The van der Waals surface area contributed by atoms with Gasteiger partial charge in [0.25, 0.3) is 0 Å². The lowest BCUT2D eigenvalue weighted by Gasteiger charge is -2.06. The summed E-state index contributed by atoms with van der Waals surface area (Å²) in [6.07, 6.45) is 12.4. The molecule has 0 unspecified atom stereocenters. The van der Waals surface area contributed by atoms with Gasteiger partial charge in [-0.15, -0.1) is 0 Å². The maximum Gasteiger partial charge on any atom is 0.344 e. The Morgan fingerprint density at radius 2 is 0.800 bits per heavy atom. The summed E-state index contributed by atoms with van der Waals surface area (Å²) < 4.78 is 19.1. The Labute approximate surface area is 178 Å². The third-order valence-corrected chi connectivity index (χ3v) is 4.06. The van der Waals surface area contributed by atoms with Gasteiger partial charge in [0.2, 0.25) is 0 Å². The van der Waals surface area contributed by atoms with Crippen molar-refractivity contribution in [1.29, 1.82) is 0 Å². The number of hydrogen-bond acceptors (Lipinski definition) is 8. The van der Waals surface area contributed by atoms with Crippen molar-refractivity contribution in [2.24, 2.45) is 0 Å². The maximum atomic E-state index is 11.3. The Bertz CT molecular complexity index is 493. The molecule has 0 spiro atoms. The average Bonchev–Trinajstić information content (AvgIpc) is 2.75. The van der Waals surface area contributed by atoms with E-state index < -0.39 is 23.9 Å². The van der Waals surface area contributed by atoms with Crippen LogP contribution in [0.3, 0.4) is 0 Å². The molecular formula is C22H34O8. The molecule has 0 rings (SSSR count). The van der Waals surface area contributed by atoms with Gasteiger partial charge < -0.3 is 18.9 Å². The van der Waals surface area contributed by atoms with Gasteiger partial charge in [0.05, 0.1) is 13.2 Å². The first-order valence-corrected chi connectivity index (χ1v) is 10.4. The van der Waals surface area contributed by atoms with Crippen LogP contribution in [0, 0.1) is 0 Å². The summed E-state index contributed by atoms with van der Waals surface area (Å²) >= 11 is 0. The minimum absolute atomic E-state index is 0.339. The van der Waals surface area contributed by atoms with Crippen LogP contribution in [0.25, 0.3) is 0 Å². The smallest absolute Gasteiger partial charge is 0.344 e. The van der Waals surface area contributed by atoms with Gasteiger partial charge in [0.15, 0.2) is 13.2 Å². The predicted molar refractivity (Wildman–Crippen MR) is 110 cm³/mol. The Morgan fingerprint density at radius 1 is 0.500 bits per heavy atom. The zero-order valence-corrected chi connectivity index (χ0v) is 17.7. The normalized spacial score (nSPS) is 10.0. The molecule has 0 saturated carbocycles. The molecule has 8 heteroatoms. The fourth-order valence-corrected chi connectivity index (χ4v) is 2.45. The molecule has 30 heavy (non-hydrogen) atoms. The molecular weight excluding hydrogens is 392 g/mol. The monoisotopic (exact) mass is 426 g/mol. The second kappa shape index (κ2) is 19.7. The summed E-state index contributed by atoms with van der Waals surface area (Å²) in [5.41, 5.74) is 0. The van der Waals surface area contributed by atoms with Crippen LogP contribution >= 0.6 is 0 Å². The van der Waals surface area contributed by atoms with E-state index in [0.29, 0.717) is 13.2 Å². The molecule has 0 atom stereocenters. The number of carbonyl (C=O) groups is 4. The number of unbranched alkanes of at least 4 members (excludes halogenated alkanes) is 9. The molecule has 0 aromatic heterocycles. The van der Waals surface area contributed by atoms with Crippen LogP contribution in [-0.4, -0.2) is 50.3 Å². The van der Waals surface area contributed by atoms with Crippen molar-refractivity contribution >= 4 is 23.9 Å². The Hall–Kier alpha value is -2.64. The summed E-state index contributed by atoms with van der Waals surface area (Å²) in [6.45, 7) is 6.40. The molecule has 0 aromatic carbocycles. The van der Waals surface area contributed by atoms with Crippen molar-refractivity contribution in [3.8, 4) is 0 Å². The van der Waals surface area contributed by atoms with Crippen LogP contribution in [0.1, 0.15) is 64.2 Å². The van der Waals surface area contributed by atoms with E-state index in [1.807, 2.05) is 0 Å². The molecule has 0 heterocycles. The van der Waals surface area contributed by atoms with Crippen molar-refractivity contribution in [2.45, 2.75) is 64.2 Å². The Morgan fingerprint density at radius 3 is 1.10 bits per heavy atom. The third kappa shape index (κ3) is 18.7. The standard InChI is InChI=1S/C22H34O8/c1-3-19(23)29-17-21(25)27-15-13-11-9-7-5-6-8-10-12-14-16-28-22(26)18-30-20(24)4-2/h3-4H,1-2,5-18H2. The van der Waals surface area contributed by atoms with Gasteiger partial charge in [-0.3, -0.25) is 0 Å². The molecule has 170 valence electrons. The van der Waals surface area contributed by atoms with E-state index in [1.54, 1.807) is 0 Å². The number of esters is 4. The number of carbonyl (C=O) groups excluding carboxylic acids is 4. The summed E-state index contributed by atoms with van der Waals surface area (Å²) in [5.74, 6) is -2.37. The van der Waals surface area contributed by atoms with Crippen molar-refractivity contribution in [2.75, 3.05) is 26.4 Å². The van der Waals surface area contributed by atoms with Crippen LogP contribution in [-0.2, 0) is 38.1 Å². The number of rotatable bonds is 19. The van der Waals surface area contributed by atoms with Gasteiger partial charge >= 0.3 is 23.9 Å². The third-order valence-electron chi connectivity index (χ3n) is 4.06. The van der Waals surface area contributed by atoms with Gasteiger partial charge in [-0.25, -0.2) is 19.2 Å². The van der Waals surface area contributed by atoms with Crippen molar-refractivity contribution in [3.05, 3.63) is 25.3 Å². The second-order valence-electron chi connectivity index (χ2n) is 6.60. The molecule has 0 bridgehead atoms. The van der Waals surface area contributed by atoms with Crippen molar-refractivity contribution < 1.29 is 38.1 Å². The van der Waals surface area contributed by atoms with Crippen LogP contribution < -0.4 is 0 Å². The summed E-state index contributed by atoms with van der Waals surface area (Å²) in [6, 6.07) is 0. The van der Waals surface area contributed by atoms with Crippen LogP contribution in [0.5, 0.6) is 0 Å². The zero-order chi connectivity index (χ0) is 22.5. The SMILES string of the molecule is C=CC(=O)OCC(=O)OCCCCCCCCCCCCOC(=O)COC(=O)C=C. The maximum absolute atomic E-state index is 11.3. The van der Waals surface area contributed by atoms with Crippen LogP contribution in [0.2, 0.25) is 0 Å². The lowest BCUT2D eigenvalue weighted by Crippen LogP contribution is -2.15. The number of ether oxygens (including phenoxy) is 4. The highest BCUT2D eigenvalue weighted by atomic mass is 16.6. The molecule has 0 aliphatic rings. The molecule has 0 saturated heterocycles. The molecule has 0 radical (unpaired) electrons. The van der Waals surface area contributed by atoms with Gasteiger partial charge in [-0.2, -0.15) is 0 Å². The van der Waals surface area contributed by atoms with E-state index in [1.165, 1.54) is 12.8 Å². The van der Waals surface area contributed by atoms with Crippen LogP contribution in [0.4, 0.5) is 0 Å². The quantitative estimate of drug-likeness (QED) is 0.134. The first-order chi connectivity index (χ1) is 14.5. The van der Waals surface area contributed by atoms with Gasteiger partial charge in [0.1, 0.15) is 0 Å². The summed E-state index contributed by atoms with van der Waals surface area (Å²) in [5, 5.41) is 0. The molecule has 0 N–H and O–H groups in total. The number of hydrogen-bond donors (Lipinski definition) is 0. The van der Waals surface area contributed by atoms with Gasteiger partial charge in [0, 0.05) is 12.2 Å². The first kappa shape index (κ1) is 27.4. The van der Waals surface area contributed by atoms with E-state index in [9.17, 15) is 19.2 Å². The van der Waals surface area contributed by atoms with Gasteiger partial charge in [-0.1, -0.05) is 64.5 Å². The minimum Gasteiger partial charge on any atom is -0.463 e. The molecule has 8 nitrogen and oxygen atoms in total. The first-order valence-electron chi connectivity index (χ1n) is 10.4. The van der Waals surface area contributed by atoms with E-state index in [-0.39, 0.29) is 13.2 Å². The highest BCUT2D eigenvalue weighted by molar-refractivity contribution is 5.84. The lowest BCUT2D eigenvalue weighted by atomic mass is 10.1. The fraction of sp³-hybridized carbons (Fsp3) is 0.636.